The molecule has 1 aliphatic heterocycles. The molecule has 4 rings (SSSR count). The molecule has 1 fully saturated rings. The SMILES string of the molecule is Cc1cc(C(=O)COC(=O)c2cccnc2Nc2cccc(C(F)(F)F)c2)c(C)n1C[C@H]1CCCO1. The third-order valence-electron chi connectivity index (χ3n) is 6.10. The first-order chi connectivity index (χ1) is 17.1. The van der Waals surface area contributed by atoms with Gasteiger partial charge in [0.1, 0.15) is 11.4 Å². The molecule has 0 aliphatic carbocycles. The molecule has 0 saturated carbocycles. The summed E-state index contributed by atoms with van der Waals surface area (Å²) >= 11 is 0. The van der Waals surface area contributed by atoms with Gasteiger partial charge in [0.15, 0.2) is 6.61 Å². The van der Waals surface area contributed by atoms with E-state index in [0.717, 1.165) is 43.0 Å². The maximum Gasteiger partial charge on any atom is 0.416 e. The van der Waals surface area contributed by atoms with Gasteiger partial charge in [0.2, 0.25) is 5.78 Å². The third kappa shape index (κ3) is 5.76. The van der Waals surface area contributed by atoms with E-state index in [9.17, 15) is 22.8 Å². The van der Waals surface area contributed by atoms with Crippen LogP contribution in [0.25, 0.3) is 0 Å². The number of aromatic nitrogens is 2. The van der Waals surface area contributed by atoms with E-state index in [1.807, 2.05) is 18.4 Å². The number of ether oxygens (including phenoxy) is 2. The van der Waals surface area contributed by atoms with E-state index in [-0.39, 0.29) is 29.0 Å². The number of rotatable bonds is 8. The number of nitrogens with one attached hydrogen (secondary N) is 1. The van der Waals surface area contributed by atoms with Gasteiger partial charge in [0.05, 0.1) is 11.7 Å². The first-order valence-corrected chi connectivity index (χ1v) is 11.5. The smallest absolute Gasteiger partial charge is 0.416 e. The Kier molecular flexibility index (Phi) is 7.44. The summed E-state index contributed by atoms with van der Waals surface area (Å²) in [7, 11) is 0. The lowest BCUT2D eigenvalue weighted by molar-refractivity contribution is -0.137. The summed E-state index contributed by atoms with van der Waals surface area (Å²) < 4.78 is 52.1. The Hall–Kier alpha value is -3.66. The predicted molar refractivity (Wildman–Crippen MR) is 126 cm³/mol. The minimum Gasteiger partial charge on any atom is -0.454 e. The zero-order valence-electron chi connectivity index (χ0n) is 19.9. The van der Waals surface area contributed by atoms with E-state index in [2.05, 4.69) is 10.3 Å². The minimum absolute atomic E-state index is 0.00781. The van der Waals surface area contributed by atoms with Gasteiger partial charge >= 0.3 is 12.1 Å². The van der Waals surface area contributed by atoms with Crippen LogP contribution in [0.15, 0.2) is 48.7 Å². The van der Waals surface area contributed by atoms with Crippen LogP contribution in [-0.4, -0.2) is 40.6 Å². The van der Waals surface area contributed by atoms with Crippen molar-refractivity contribution in [2.45, 2.75) is 45.5 Å². The predicted octanol–water partition coefficient (Wildman–Crippen LogP) is 5.48. The molecule has 190 valence electrons. The second kappa shape index (κ2) is 10.5. The lowest BCUT2D eigenvalue weighted by atomic mass is 10.1. The van der Waals surface area contributed by atoms with Gasteiger partial charge in [-0.1, -0.05) is 6.07 Å². The number of aryl methyl sites for hydroxylation is 1. The van der Waals surface area contributed by atoms with Crippen molar-refractivity contribution < 1.29 is 32.2 Å². The van der Waals surface area contributed by atoms with Crippen molar-refractivity contribution in [3.05, 3.63) is 76.7 Å². The number of halogens is 3. The van der Waals surface area contributed by atoms with E-state index >= 15 is 0 Å². The van der Waals surface area contributed by atoms with E-state index < -0.39 is 24.3 Å². The Morgan fingerprint density at radius 2 is 1.97 bits per heavy atom. The molecule has 1 aliphatic rings. The molecule has 3 heterocycles. The average Bonchev–Trinajstić information content (AvgIpc) is 3.46. The standard InChI is InChI=1S/C26H26F3N3O4/c1-16-12-22(17(2)32(16)14-20-8-5-11-35-20)23(33)15-36-25(34)21-9-4-10-30-24(21)31-19-7-3-6-18(13-19)26(27,28)29/h3-4,6-7,9-10,12-13,20H,5,8,11,14-15H2,1-2H3,(H,30,31)/t20-/m1/s1. The number of carbonyl (C=O) groups is 2. The number of nitrogens with zero attached hydrogens (tertiary/aromatic N) is 2. The minimum atomic E-state index is -4.51. The Labute approximate surface area is 206 Å². The fraction of sp³-hybridized carbons (Fsp3) is 0.346. The quantitative estimate of drug-likeness (QED) is 0.325. The second-order valence-corrected chi connectivity index (χ2v) is 8.63. The first-order valence-electron chi connectivity index (χ1n) is 11.5. The maximum atomic E-state index is 13.0. The molecule has 10 heteroatoms. The van der Waals surface area contributed by atoms with Gasteiger partial charge in [-0.3, -0.25) is 4.79 Å². The number of carbonyl (C=O) groups excluding carboxylic acids is 2. The van der Waals surface area contributed by atoms with Crippen molar-refractivity contribution in [1.82, 2.24) is 9.55 Å². The van der Waals surface area contributed by atoms with Crippen LogP contribution in [0.5, 0.6) is 0 Å². The zero-order chi connectivity index (χ0) is 25.9. The van der Waals surface area contributed by atoms with E-state index in [4.69, 9.17) is 9.47 Å². The summed E-state index contributed by atoms with van der Waals surface area (Å²) in [6, 6.07) is 9.22. The van der Waals surface area contributed by atoms with Gasteiger partial charge in [-0.05, 0) is 63.1 Å². The highest BCUT2D eigenvalue weighted by Gasteiger charge is 2.30. The van der Waals surface area contributed by atoms with Crippen LogP contribution in [0.4, 0.5) is 24.7 Å². The molecule has 1 saturated heterocycles. The van der Waals surface area contributed by atoms with Gasteiger partial charge < -0.3 is 19.4 Å². The van der Waals surface area contributed by atoms with Crippen molar-refractivity contribution in [1.29, 1.82) is 0 Å². The molecule has 1 N–H and O–H groups in total. The molecule has 36 heavy (non-hydrogen) atoms. The second-order valence-electron chi connectivity index (χ2n) is 8.63. The van der Waals surface area contributed by atoms with Crippen LogP contribution in [0.2, 0.25) is 0 Å². The number of esters is 1. The highest BCUT2D eigenvalue weighted by molar-refractivity contribution is 6.01. The van der Waals surface area contributed by atoms with Crippen LogP contribution >= 0.6 is 0 Å². The molecule has 0 radical (unpaired) electrons. The maximum absolute atomic E-state index is 13.0. The van der Waals surface area contributed by atoms with Crippen molar-refractivity contribution in [2.75, 3.05) is 18.5 Å². The van der Waals surface area contributed by atoms with Crippen molar-refractivity contribution >= 4 is 23.3 Å². The van der Waals surface area contributed by atoms with Crippen LogP contribution in [0, 0.1) is 13.8 Å². The Bertz CT molecular complexity index is 1260. The van der Waals surface area contributed by atoms with Gasteiger partial charge in [-0.2, -0.15) is 13.2 Å². The molecule has 7 nitrogen and oxygen atoms in total. The number of anilines is 2. The van der Waals surface area contributed by atoms with Gasteiger partial charge in [-0.25, -0.2) is 9.78 Å². The normalized spacial score (nSPS) is 15.6. The van der Waals surface area contributed by atoms with Crippen molar-refractivity contribution in [2.24, 2.45) is 0 Å². The van der Waals surface area contributed by atoms with Gasteiger partial charge in [-0.15, -0.1) is 0 Å². The lowest BCUT2D eigenvalue weighted by Crippen LogP contribution is -2.18. The molecule has 1 aromatic carbocycles. The number of pyridine rings is 1. The highest BCUT2D eigenvalue weighted by atomic mass is 19.4. The molecule has 2 aromatic heterocycles. The topological polar surface area (TPSA) is 82.5 Å². The monoisotopic (exact) mass is 501 g/mol. The number of alkyl halides is 3. The number of Topliss-reactive ketones (excluding diaryl/α,β-unsaturated/α-hetero) is 1. The largest absolute Gasteiger partial charge is 0.454 e. The Balaban J connectivity index is 1.44. The summed E-state index contributed by atoms with van der Waals surface area (Å²) in [5.41, 5.74) is 1.41. The average molecular weight is 502 g/mol. The third-order valence-corrected chi connectivity index (χ3v) is 6.10. The molecule has 0 spiro atoms. The Morgan fingerprint density at radius 1 is 1.17 bits per heavy atom. The molecule has 0 unspecified atom stereocenters. The summed E-state index contributed by atoms with van der Waals surface area (Å²) in [6.45, 7) is 4.66. The van der Waals surface area contributed by atoms with Crippen LogP contribution in [-0.2, 0) is 22.2 Å². The summed E-state index contributed by atoms with van der Waals surface area (Å²) in [5, 5.41) is 2.73. The first kappa shape index (κ1) is 25.4. The fourth-order valence-electron chi connectivity index (χ4n) is 4.22. The number of hydrogen-bond donors (Lipinski definition) is 1. The highest BCUT2D eigenvalue weighted by Crippen LogP contribution is 2.31. The summed E-state index contributed by atoms with van der Waals surface area (Å²) in [5.74, 6) is -1.16. The lowest BCUT2D eigenvalue weighted by Gasteiger charge is -2.15. The molecule has 0 bridgehead atoms. The van der Waals surface area contributed by atoms with E-state index in [1.165, 1.54) is 30.5 Å². The van der Waals surface area contributed by atoms with Gasteiger partial charge in [0.25, 0.3) is 0 Å². The summed E-state index contributed by atoms with van der Waals surface area (Å²) in [4.78, 5) is 29.7. The number of hydrogen-bond acceptors (Lipinski definition) is 6. The van der Waals surface area contributed by atoms with Crippen LogP contribution in [0.1, 0.15) is 50.5 Å². The van der Waals surface area contributed by atoms with Crippen LogP contribution in [0.3, 0.4) is 0 Å². The molecular formula is C26H26F3N3O4. The van der Waals surface area contributed by atoms with E-state index in [1.54, 1.807) is 6.07 Å². The molecule has 3 aromatic rings. The Morgan fingerprint density at radius 3 is 2.69 bits per heavy atom. The number of benzene rings is 1. The molecule has 0 amide bonds. The molecular weight excluding hydrogens is 475 g/mol. The van der Waals surface area contributed by atoms with Crippen molar-refractivity contribution in [3.63, 3.8) is 0 Å². The molecule has 1 atom stereocenters. The zero-order valence-corrected chi connectivity index (χ0v) is 19.9. The van der Waals surface area contributed by atoms with Crippen molar-refractivity contribution in [3.8, 4) is 0 Å². The van der Waals surface area contributed by atoms with Gasteiger partial charge in [0, 0.05) is 42.0 Å². The summed E-state index contributed by atoms with van der Waals surface area (Å²) in [6.07, 6.45) is -1.02. The van der Waals surface area contributed by atoms with Crippen LogP contribution < -0.4 is 5.32 Å². The van der Waals surface area contributed by atoms with E-state index in [0.29, 0.717) is 12.1 Å². The fourth-order valence-corrected chi connectivity index (χ4v) is 4.22. The number of ketones is 1.